The molecule has 2 rings (SSSR count). The molecule has 0 aliphatic carbocycles. The Morgan fingerprint density at radius 2 is 2.43 bits per heavy atom. The lowest BCUT2D eigenvalue weighted by Crippen LogP contribution is -2.56. The number of aliphatic hydroxyl groups excluding tert-OH is 1. The molecule has 0 unspecified atom stereocenters. The van der Waals surface area contributed by atoms with E-state index in [1.807, 2.05) is 17.5 Å². The molecule has 0 spiro atoms. The first-order valence-electron chi connectivity index (χ1n) is 7.00. The van der Waals surface area contributed by atoms with Gasteiger partial charge in [0.2, 0.25) is 11.8 Å². The van der Waals surface area contributed by atoms with Crippen LogP contribution in [0.1, 0.15) is 11.3 Å². The summed E-state index contributed by atoms with van der Waals surface area (Å²) in [6.07, 6.45) is 0.147. The van der Waals surface area contributed by atoms with Crippen molar-refractivity contribution in [3.05, 3.63) is 22.4 Å². The molecule has 1 aliphatic rings. The predicted octanol–water partition coefficient (Wildman–Crippen LogP) is -0.111. The Balaban J connectivity index is 2.01. The smallest absolute Gasteiger partial charge is 0.237 e. The molecule has 2 heterocycles. The second-order valence-corrected chi connectivity index (χ2v) is 6.13. The summed E-state index contributed by atoms with van der Waals surface area (Å²) < 4.78 is 0. The average Bonchev–Trinajstić information content (AvgIpc) is 2.95. The number of nitrogens with zero attached hydrogens (tertiary/aromatic N) is 2. The van der Waals surface area contributed by atoms with Crippen molar-refractivity contribution < 1.29 is 14.7 Å². The lowest BCUT2D eigenvalue weighted by atomic mass is 10.1. The summed E-state index contributed by atoms with van der Waals surface area (Å²) in [5, 5.41) is 13.7. The zero-order chi connectivity index (χ0) is 15.2. The molecule has 1 aromatic rings. The highest BCUT2D eigenvalue weighted by molar-refractivity contribution is 7.09. The van der Waals surface area contributed by atoms with Crippen molar-refractivity contribution in [2.45, 2.75) is 19.0 Å². The van der Waals surface area contributed by atoms with Gasteiger partial charge in [0.25, 0.3) is 0 Å². The highest BCUT2D eigenvalue weighted by Gasteiger charge is 2.32. The molecule has 1 aliphatic heterocycles. The molecule has 0 bridgehead atoms. The summed E-state index contributed by atoms with van der Waals surface area (Å²) in [4.78, 5) is 28.9. The standard InChI is InChI=1S/C14H21N3O3S/c1-16(6-7-18)13(19)9-12-14(20)15-4-5-17(12)10-11-3-2-8-21-11/h2-3,8,12,18H,4-7,9-10H2,1H3,(H,15,20)/t12-/m0/s1. The highest BCUT2D eigenvalue weighted by Crippen LogP contribution is 2.17. The van der Waals surface area contributed by atoms with Crippen LogP contribution >= 0.6 is 11.3 Å². The first-order valence-corrected chi connectivity index (χ1v) is 7.88. The quantitative estimate of drug-likeness (QED) is 0.769. The Labute approximate surface area is 128 Å². The van der Waals surface area contributed by atoms with Gasteiger partial charge in [-0.2, -0.15) is 0 Å². The van der Waals surface area contributed by atoms with E-state index < -0.39 is 6.04 Å². The van der Waals surface area contributed by atoms with E-state index >= 15 is 0 Å². The number of hydrogen-bond donors (Lipinski definition) is 2. The van der Waals surface area contributed by atoms with Crippen molar-refractivity contribution in [1.82, 2.24) is 15.1 Å². The lowest BCUT2D eigenvalue weighted by Gasteiger charge is -2.35. The third kappa shape index (κ3) is 4.26. The minimum atomic E-state index is -0.436. The maximum Gasteiger partial charge on any atom is 0.237 e. The van der Waals surface area contributed by atoms with E-state index in [0.29, 0.717) is 13.1 Å². The fraction of sp³-hybridized carbons (Fsp3) is 0.571. The Hall–Kier alpha value is -1.44. The number of rotatable bonds is 6. The molecule has 7 heteroatoms. The van der Waals surface area contributed by atoms with Crippen LogP contribution in [-0.2, 0) is 16.1 Å². The number of nitrogens with one attached hydrogen (secondary N) is 1. The number of likely N-dealkylation sites (N-methyl/N-ethyl adjacent to an activating group) is 1. The zero-order valence-corrected chi connectivity index (χ0v) is 12.9. The molecular formula is C14H21N3O3S. The van der Waals surface area contributed by atoms with Crippen LogP contribution in [0.15, 0.2) is 17.5 Å². The molecule has 1 saturated heterocycles. The summed E-state index contributed by atoms with van der Waals surface area (Å²) >= 11 is 1.65. The van der Waals surface area contributed by atoms with Crippen molar-refractivity contribution >= 4 is 23.2 Å². The van der Waals surface area contributed by atoms with E-state index in [4.69, 9.17) is 5.11 Å². The molecule has 6 nitrogen and oxygen atoms in total. The van der Waals surface area contributed by atoms with Gasteiger partial charge < -0.3 is 15.3 Å². The second-order valence-electron chi connectivity index (χ2n) is 5.10. The van der Waals surface area contributed by atoms with E-state index in [2.05, 4.69) is 10.2 Å². The first kappa shape index (κ1) is 15.9. The van der Waals surface area contributed by atoms with Gasteiger partial charge in [-0.25, -0.2) is 0 Å². The number of amides is 2. The van der Waals surface area contributed by atoms with Crippen molar-refractivity contribution in [1.29, 1.82) is 0 Å². The lowest BCUT2D eigenvalue weighted by molar-refractivity contribution is -0.138. The van der Waals surface area contributed by atoms with Crippen LogP contribution in [0, 0.1) is 0 Å². The van der Waals surface area contributed by atoms with Gasteiger partial charge in [-0.05, 0) is 11.4 Å². The fourth-order valence-corrected chi connectivity index (χ4v) is 3.10. The normalized spacial score (nSPS) is 19.3. The Morgan fingerprint density at radius 3 is 3.10 bits per heavy atom. The van der Waals surface area contributed by atoms with E-state index in [1.54, 1.807) is 18.4 Å². The minimum absolute atomic E-state index is 0.0714. The fourth-order valence-electron chi connectivity index (χ4n) is 2.37. The molecule has 0 radical (unpaired) electrons. The molecule has 1 atom stereocenters. The largest absolute Gasteiger partial charge is 0.395 e. The molecule has 2 N–H and O–H groups in total. The van der Waals surface area contributed by atoms with E-state index in [9.17, 15) is 9.59 Å². The van der Waals surface area contributed by atoms with Gasteiger partial charge in [-0.1, -0.05) is 6.07 Å². The molecule has 1 fully saturated rings. The maximum absolute atomic E-state index is 12.1. The molecule has 21 heavy (non-hydrogen) atoms. The van der Waals surface area contributed by atoms with E-state index in [0.717, 1.165) is 6.54 Å². The SMILES string of the molecule is CN(CCO)C(=O)C[C@H]1C(=O)NCCN1Cc1cccs1. The van der Waals surface area contributed by atoms with Crippen molar-refractivity contribution in [2.75, 3.05) is 33.3 Å². The van der Waals surface area contributed by atoms with Gasteiger partial charge in [-0.3, -0.25) is 14.5 Å². The molecule has 0 aromatic carbocycles. The Bertz CT molecular complexity index is 478. The van der Waals surface area contributed by atoms with Crippen molar-refractivity contribution in [3.63, 3.8) is 0 Å². The minimum Gasteiger partial charge on any atom is -0.395 e. The summed E-state index contributed by atoms with van der Waals surface area (Å²) in [5.74, 6) is -0.217. The Morgan fingerprint density at radius 1 is 1.62 bits per heavy atom. The molecule has 116 valence electrons. The summed E-state index contributed by atoms with van der Waals surface area (Å²) in [6.45, 7) is 2.26. The number of piperazine rings is 1. The van der Waals surface area contributed by atoms with Crippen LogP contribution < -0.4 is 5.32 Å². The summed E-state index contributed by atoms with van der Waals surface area (Å²) in [6, 6.07) is 3.59. The number of carbonyl (C=O) groups excluding carboxylic acids is 2. The number of aliphatic hydroxyl groups is 1. The summed E-state index contributed by atoms with van der Waals surface area (Å²) in [5.41, 5.74) is 0. The van der Waals surface area contributed by atoms with Crippen LogP contribution in [0.4, 0.5) is 0 Å². The zero-order valence-electron chi connectivity index (χ0n) is 12.1. The molecule has 0 saturated carbocycles. The highest BCUT2D eigenvalue weighted by atomic mass is 32.1. The number of hydrogen-bond acceptors (Lipinski definition) is 5. The van der Waals surface area contributed by atoms with Crippen LogP contribution in [0.2, 0.25) is 0 Å². The third-order valence-corrected chi connectivity index (χ3v) is 4.47. The van der Waals surface area contributed by atoms with Crippen LogP contribution in [0.5, 0.6) is 0 Å². The monoisotopic (exact) mass is 311 g/mol. The van der Waals surface area contributed by atoms with Gasteiger partial charge in [0.15, 0.2) is 0 Å². The van der Waals surface area contributed by atoms with Crippen LogP contribution in [0.25, 0.3) is 0 Å². The number of carbonyl (C=O) groups is 2. The van der Waals surface area contributed by atoms with Crippen LogP contribution in [0.3, 0.4) is 0 Å². The average molecular weight is 311 g/mol. The van der Waals surface area contributed by atoms with E-state index in [1.165, 1.54) is 9.78 Å². The van der Waals surface area contributed by atoms with Gasteiger partial charge in [0.1, 0.15) is 0 Å². The molecule has 2 amide bonds. The Kier molecular flexibility index (Phi) is 5.72. The molecule has 1 aromatic heterocycles. The van der Waals surface area contributed by atoms with E-state index in [-0.39, 0.29) is 31.4 Å². The first-order chi connectivity index (χ1) is 10.1. The number of thiophene rings is 1. The van der Waals surface area contributed by atoms with Gasteiger partial charge in [0, 0.05) is 38.1 Å². The second kappa shape index (κ2) is 7.53. The van der Waals surface area contributed by atoms with Gasteiger partial charge in [-0.15, -0.1) is 11.3 Å². The van der Waals surface area contributed by atoms with Gasteiger partial charge >= 0.3 is 0 Å². The maximum atomic E-state index is 12.1. The van der Waals surface area contributed by atoms with Crippen molar-refractivity contribution in [2.24, 2.45) is 0 Å². The summed E-state index contributed by atoms with van der Waals surface area (Å²) in [7, 11) is 1.64. The third-order valence-electron chi connectivity index (χ3n) is 3.61. The van der Waals surface area contributed by atoms with Crippen molar-refractivity contribution in [3.8, 4) is 0 Å². The van der Waals surface area contributed by atoms with Gasteiger partial charge in [0.05, 0.1) is 19.1 Å². The predicted molar refractivity (Wildman–Crippen MR) is 80.9 cm³/mol. The topological polar surface area (TPSA) is 72.9 Å². The van der Waals surface area contributed by atoms with Crippen LogP contribution in [-0.4, -0.2) is 66.1 Å². The molecular weight excluding hydrogens is 290 g/mol.